The fraction of sp³-hybridized carbons (Fsp3) is 0.524. The zero-order valence-electron chi connectivity index (χ0n) is 17.0. The van der Waals surface area contributed by atoms with Gasteiger partial charge in [0, 0.05) is 6.04 Å². The molecule has 1 saturated carbocycles. The lowest BCUT2D eigenvalue weighted by Gasteiger charge is -2.29. The summed E-state index contributed by atoms with van der Waals surface area (Å²) in [5.41, 5.74) is 1.13. The number of aromatic nitrogens is 3. The van der Waals surface area contributed by atoms with Crippen LogP contribution < -0.4 is 5.32 Å². The van der Waals surface area contributed by atoms with Crippen molar-refractivity contribution in [3.8, 4) is 0 Å². The van der Waals surface area contributed by atoms with Crippen LogP contribution in [-0.2, 0) is 20.9 Å². The minimum Gasteiger partial charge on any atom is -0.455 e. The summed E-state index contributed by atoms with van der Waals surface area (Å²) in [6, 6.07) is 10.2. The maximum Gasteiger partial charge on any atom is 0.316 e. The monoisotopic (exact) mass is 416 g/mol. The van der Waals surface area contributed by atoms with Gasteiger partial charge in [0.1, 0.15) is 5.82 Å². The zero-order chi connectivity index (χ0) is 20.6. The van der Waals surface area contributed by atoms with Crippen LogP contribution in [0.25, 0.3) is 0 Å². The maximum absolute atomic E-state index is 12.1. The lowest BCUT2D eigenvalue weighted by molar-refractivity contribution is -0.146. The molecule has 29 heavy (non-hydrogen) atoms. The van der Waals surface area contributed by atoms with Gasteiger partial charge in [0.25, 0.3) is 5.91 Å². The third kappa shape index (κ3) is 6.32. The average Bonchev–Trinajstić information content (AvgIpc) is 3.07. The van der Waals surface area contributed by atoms with E-state index in [0.29, 0.717) is 17.6 Å². The fourth-order valence-electron chi connectivity index (χ4n) is 3.51. The Morgan fingerprint density at radius 3 is 2.72 bits per heavy atom. The van der Waals surface area contributed by atoms with Gasteiger partial charge in [-0.2, -0.15) is 0 Å². The van der Waals surface area contributed by atoms with Crippen LogP contribution in [0.15, 0.2) is 35.5 Å². The van der Waals surface area contributed by atoms with Gasteiger partial charge in [-0.15, -0.1) is 10.2 Å². The van der Waals surface area contributed by atoms with Crippen molar-refractivity contribution in [2.45, 2.75) is 57.3 Å². The highest BCUT2D eigenvalue weighted by Crippen LogP contribution is 2.23. The summed E-state index contributed by atoms with van der Waals surface area (Å²) in [6.45, 7) is 4.44. The van der Waals surface area contributed by atoms with E-state index in [4.69, 9.17) is 4.74 Å². The van der Waals surface area contributed by atoms with E-state index in [1.54, 1.807) is 0 Å². The Morgan fingerprint density at radius 2 is 1.97 bits per heavy atom. The van der Waals surface area contributed by atoms with Crippen molar-refractivity contribution in [3.63, 3.8) is 0 Å². The molecule has 2 atom stereocenters. The van der Waals surface area contributed by atoms with Crippen LogP contribution in [0.1, 0.15) is 44.0 Å². The molecule has 1 fully saturated rings. The van der Waals surface area contributed by atoms with Crippen LogP contribution in [-0.4, -0.2) is 45.0 Å². The Balaban J connectivity index is 1.44. The second-order valence-corrected chi connectivity index (χ2v) is 8.43. The molecule has 0 spiro atoms. The molecule has 0 unspecified atom stereocenters. The minimum atomic E-state index is -0.436. The van der Waals surface area contributed by atoms with Crippen molar-refractivity contribution in [1.82, 2.24) is 20.1 Å². The quantitative estimate of drug-likeness (QED) is 0.526. The molecule has 1 amide bonds. The van der Waals surface area contributed by atoms with E-state index in [9.17, 15) is 9.59 Å². The number of thioether (sulfide) groups is 1. The van der Waals surface area contributed by atoms with Crippen molar-refractivity contribution in [2.75, 3.05) is 12.4 Å². The van der Waals surface area contributed by atoms with Crippen molar-refractivity contribution in [3.05, 3.63) is 41.7 Å². The molecule has 7 nitrogen and oxygen atoms in total. The van der Waals surface area contributed by atoms with Gasteiger partial charge in [-0.25, -0.2) is 0 Å². The van der Waals surface area contributed by atoms with E-state index in [2.05, 4.69) is 22.4 Å². The molecule has 0 bridgehead atoms. The Morgan fingerprint density at radius 1 is 1.21 bits per heavy atom. The highest BCUT2D eigenvalue weighted by molar-refractivity contribution is 7.99. The van der Waals surface area contributed by atoms with Gasteiger partial charge >= 0.3 is 5.97 Å². The molecule has 1 aliphatic rings. The van der Waals surface area contributed by atoms with Crippen LogP contribution >= 0.6 is 11.8 Å². The first-order chi connectivity index (χ1) is 14.0. The Hall–Kier alpha value is -2.35. The van der Waals surface area contributed by atoms with Crippen molar-refractivity contribution < 1.29 is 14.3 Å². The predicted octanol–water partition coefficient (Wildman–Crippen LogP) is 2.97. The van der Waals surface area contributed by atoms with Crippen molar-refractivity contribution in [1.29, 1.82) is 0 Å². The van der Waals surface area contributed by atoms with Gasteiger partial charge in [0.2, 0.25) is 0 Å². The summed E-state index contributed by atoms with van der Waals surface area (Å²) in [5.74, 6) is 0.669. The number of rotatable bonds is 8. The number of hydrogen-bond acceptors (Lipinski definition) is 6. The lowest BCUT2D eigenvalue weighted by atomic mass is 9.86. The molecular formula is C21H28N4O3S. The maximum atomic E-state index is 12.1. The number of ether oxygens (including phenoxy) is 1. The number of amides is 1. The van der Waals surface area contributed by atoms with Crippen molar-refractivity contribution >= 4 is 23.6 Å². The molecule has 0 aliphatic heterocycles. The Labute approximate surface area is 175 Å². The van der Waals surface area contributed by atoms with Gasteiger partial charge < -0.3 is 14.6 Å². The Bertz CT molecular complexity index is 825. The molecule has 0 radical (unpaired) electrons. The van der Waals surface area contributed by atoms with Gasteiger partial charge in [0.05, 0.1) is 12.3 Å². The third-order valence-corrected chi connectivity index (χ3v) is 6.17. The number of nitrogens with one attached hydrogen (secondary N) is 1. The topological polar surface area (TPSA) is 86.1 Å². The lowest BCUT2D eigenvalue weighted by Crippen LogP contribution is -2.43. The smallest absolute Gasteiger partial charge is 0.316 e. The second-order valence-electron chi connectivity index (χ2n) is 7.49. The summed E-state index contributed by atoms with van der Waals surface area (Å²) >= 11 is 1.27. The molecule has 8 heteroatoms. The summed E-state index contributed by atoms with van der Waals surface area (Å²) in [6.07, 6.45) is 4.47. The van der Waals surface area contributed by atoms with E-state index in [1.165, 1.54) is 18.2 Å². The first kappa shape index (κ1) is 21.4. The Kier molecular flexibility index (Phi) is 7.69. The molecule has 1 aliphatic carbocycles. The highest BCUT2D eigenvalue weighted by atomic mass is 32.2. The van der Waals surface area contributed by atoms with Crippen LogP contribution in [0.4, 0.5) is 0 Å². The molecule has 1 N–H and O–H groups in total. The SMILES string of the molecule is Cc1nnc(SCC(=O)OCC(=O)N[C@H]2CCCC[C@H]2C)n1Cc1ccccc1. The predicted molar refractivity (Wildman–Crippen MR) is 112 cm³/mol. The zero-order valence-corrected chi connectivity index (χ0v) is 17.8. The normalized spacial score (nSPS) is 19.0. The van der Waals surface area contributed by atoms with Crippen LogP contribution in [0.5, 0.6) is 0 Å². The number of carbonyl (C=O) groups excluding carboxylic acids is 2. The van der Waals surface area contributed by atoms with Gasteiger partial charge in [0.15, 0.2) is 11.8 Å². The number of nitrogens with zero attached hydrogens (tertiary/aromatic N) is 3. The molecule has 1 heterocycles. The number of hydrogen-bond donors (Lipinski definition) is 1. The summed E-state index contributed by atoms with van der Waals surface area (Å²) < 4.78 is 7.10. The third-order valence-electron chi connectivity index (χ3n) is 5.23. The average molecular weight is 417 g/mol. The minimum absolute atomic E-state index is 0.0834. The van der Waals surface area contributed by atoms with E-state index in [1.807, 2.05) is 41.8 Å². The number of esters is 1. The largest absolute Gasteiger partial charge is 0.455 e. The second kappa shape index (κ2) is 10.4. The molecular weight excluding hydrogens is 388 g/mol. The molecule has 2 aromatic rings. The molecule has 1 aromatic heterocycles. The van der Waals surface area contributed by atoms with E-state index >= 15 is 0 Å². The first-order valence-electron chi connectivity index (χ1n) is 10.0. The van der Waals surface area contributed by atoms with Gasteiger partial charge in [-0.3, -0.25) is 9.59 Å². The van der Waals surface area contributed by atoms with E-state index in [-0.39, 0.29) is 24.3 Å². The summed E-state index contributed by atoms with van der Waals surface area (Å²) in [4.78, 5) is 24.1. The number of carbonyl (C=O) groups is 2. The van der Waals surface area contributed by atoms with Gasteiger partial charge in [-0.1, -0.05) is 61.9 Å². The molecule has 0 saturated heterocycles. The molecule has 156 valence electrons. The number of aryl methyl sites for hydroxylation is 1. The van der Waals surface area contributed by atoms with Crippen LogP contribution in [0.3, 0.4) is 0 Å². The number of benzene rings is 1. The summed E-state index contributed by atoms with van der Waals surface area (Å²) in [7, 11) is 0. The fourth-order valence-corrected chi connectivity index (χ4v) is 4.29. The van der Waals surface area contributed by atoms with Crippen molar-refractivity contribution in [2.24, 2.45) is 5.92 Å². The highest BCUT2D eigenvalue weighted by Gasteiger charge is 2.23. The molecule has 3 rings (SSSR count). The van der Waals surface area contributed by atoms with E-state index in [0.717, 1.165) is 30.7 Å². The first-order valence-corrected chi connectivity index (χ1v) is 11.0. The molecule has 1 aromatic carbocycles. The summed E-state index contributed by atoms with van der Waals surface area (Å²) in [5, 5.41) is 11.9. The van der Waals surface area contributed by atoms with Crippen LogP contribution in [0, 0.1) is 12.8 Å². The van der Waals surface area contributed by atoms with Crippen LogP contribution in [0.2, 0.25) is 0 Å². The van der Waals surface area contributed by atoms with E-state index < -0.39 is 5.97 Å². The van der Waals surface area contributed by atoms with Gasteiger partial charge in [-0.05, 0) is 31.2 Å². The standard InChI is InChI=1S/C21H28N4O3S/c1-15-8-6-7-11-18(15)22-19(26)13-28-20(27)14-29-21-24-23-16(2)25(21)12-17-9-4-3-5-10-17/h3-5,9-10,15,18H,6-8,11-14H2,1-2H3,(H,22,26)/t15-,18+/m1/s1.